The third-order valence-electron chi connectivity index (χ3n) is 3.94. The minimum atomic E-state index is 0.144. The quantitative estimate of drug-likeness (QED) is 0.791. The fourth-order valence-electron chi connectivity index (χ4n) is 2.78. The molecule has 0 aromatic carbocycles. The number of nitrogens with zero attached hydrogens (tertiary/aromatic N) is 5. The Labute approximate surface area is 146 Å². The largest absolute Gasteiger partial charge is 0.362 e. The highest BCUT2D eigenvalue weighted by Gasteiger charge is 2.25. The monoisotopic (exact) mass is 343 g/mol. The van der Waals surface area contributed by atoms with Crippen molar-refractivity contribution in [2.75, 3.05) is 31.3 Å². The van der Waals surface area contributed by atoms with E-state index in [1.165, 1.54) is 0 Å². The molecule has 7 heteroatoms. The van der Waals surface area contributed by atoms with Crippen LogP contribution in [0.1, 0.15) is 17.1 Å². The summed E-state index contributed by atoms with van der Waals surface area (Å²) in [6, 6.07) is 3.84. The maximum Gasteiger partial charge on any atom is 0.233 e. The van der Waals surface area contributed by atoms with Gasteiger partial charge in [-0.1, -0.05) is 0 Å². The van der Waals surface area contributed by atoms with Gasteiger partial charge in [0.2, 0.25) is 5.91 Å². The number of rotatable bonds is 4. The van der Waals surface area contributed by atoms with Crippen molar-refractivity contribution < 1.29 is 4.79 Å². The van der Waals surface area contributed by atoms with Gasteiger partial charge in [0.05, 0.1) is 18.0 Å². The van der Waals surface area contributed by atoms with Crippen molar-refractivity contribution in [1.29, 1.82) is 0 Å². The number of thioether (sulfide) groups is 1. The van der Waals surface area contributed by atoms with E-state index in [0.29, 0.717) is 12.3 Å². The van der Waals surface area contributed by atoms with E-state index in [2.05, 4.69) is 15.0 Å². The zero-order chi connectivity index (χ0) is 17.1. The fraction of sp³-hybridized carbons (Fsp3) is 0.412. The zero-order valence-corrected chi connectivity index (χ0v) is 15.0. The number of carbonyl (C=O) groups is 1. The Hall–Kier alpha value is -2.15. The second-order valence-corrected chi connectivity index (χ2v) is 7.00. The number of hydrogen-bond acceptors (Lipinski definition) is 6. The molecule has 6 nitrogen and oxygen atoms in total. The molecule has 0 atom stereocenters. The summed E-state index contributed by atoms with van der Waals surface area (Å²) in [5.41, 5.74) is 2.14. The van der Waals surface area contributed by atoms with Crippen LogP contribution in [0.15, 0.2) is 29.4 Å². The normalized spacial score (nSPS) is 13.5. The van der Waals surface area contributed by atoms with E-state index >= 15 is 0 Å². The third-order valence-corrected chi connectivity index (χ3v) is 4.94. The molecule has 1 amide bonds. The lowest BCUT2D eigenvalue weighted by Crippen LogP contribution is -2.38. The molecule has 0 bridgehead atoms. The van der Waals surface area contributed by atoms with Crippen molar-refractivity contribution in [3.8, 4) is 0 Å². The first kappa shape index (κ1) is 16.7. The molecule has 1 aliphatic heterocycles. The average molecular weight is 343 g/mol. The molecule has 126 valence electrons. The molecule has 24 heavy (non-hydrogen) atoms. The lowest BCUT2D eigenvalue weighted by Gasteiger charge is -2.30. The van der Waals surface area contributed by atoms with Crippen molar-refractivity contribution >= 4 is 23.5 Å². The van der Waals surface area contributed by atoms with Crippen molar-refractivity contribution in [3.63, 3.8) is 0 Å². The van der Waals surface area contributed by atoms with Crippen LogP contribution < -0.4 is 4.90 Å². The number of carbonyl (C=O) groups excluding carboxylic acids is 1. The van der Waals surface area contributed by atoms with Crippen LogP contribution in [0.4, 0.5) is 5.82 Å². The van der Waals surface area contributed by atoms with E-state index in [0.717, 1.165) is 40.8 Å². The van der Waals surface area contributed by atoms with E-state index in [-0.39, 0.29) is 5.91 Å². The molecular formula is C17H21N5OS. The summed E-state index contributed by atoms with van der Waals surface area (Å²) in [5, 5.41) is 0. The molecule has 0 fully saturated rings. The third kappa shape index (κ3) is 3.67. The van der Waals surface area contributed by atoms with Crippen LogP contribution in [-0.4, -0.2) is 52.2 Å². The van der Waals surface area contributed by atoms with E-state index in [1.807, 2.05) is 43.0 Å². The summed E-state index contributed by atoms with van der Waals surface area (Å²) in [7, 11) is 3.98. The molecular weight excluding hydrogens is 322 g/mol. The summed E-state index contributed by atoms with van der Waals surface area (Å²) in [6.07, 6.45) is 4.29. The first-order valence-corrected chi connectivity index (χ1v) is 8.87. The molecule has 0 saturated heterocycles. The lowest BCUT2D eigenvalue weighted by molar-refractivity contribution is -0.129. The van der Waals surface area contributed by atoms with E-state index in [9.17, 15) is 4.79 Å². The van der Waals surface area contributed by atoms with Gasteiger partial charge in [-0.2, -0.15) is 0 Å². The van der Waals surface area contributed by atoms with Gasteiger partial charge in [-0.05, 0) is 25.5 Å². The van der Waals surface area contributed by atoms with Gasteiger partial charge in [0.1, 0.15) is 11.6 Å². The molecule has 3 heterocycles. The summed E-state index contributed by atoms with van der Waals surface area (Å²) >= 11 is 1.54. The standard InChI is InChI=1S/C17H21N5OS/c1-12-19-15-10-22(9-6-14(15)17(20-12)21(2)3)16(23)11-24-13-4-7-18-8-5-13/h4-5,7-8H,6,9-11H2,1-3H3. The molecule has 2 aromatic heterocycles. The van der Waals surface area contributed by atoms with Crippen LogP contribution in [0.25, 0.3) is 0 Å². The Balaban J connectivity index is 1.69. The first-order chi connectivity index (χ1) is 11.5. The summed E-state index contributed by atoms with van der Waals surface area (Å²) in [4.78, 5) is 30.6. The predicted octanol–water partition coefficient (Wildman–Crippen LogP) is 1.92. The predicted molar refractivity (Wildman–Crippen MR) is 95.2 cm³/mol. The minimum absolute atomic E-state index is 0.144. The van der Waals surface area contributed by atoms with Crippen molar-refractivity contribution in [2.24, 2.45) is 0 Å². The van der Waals surface area contributed by atoms with Gasteiger partial charge in [-0.3, -0.25) is 9.78 Å². The topological polar surface area (TPSA) is 62.2 Å². The highest BCUT2D eigenvalue weighted by atomic mass is 32.2. The SMILES string of the molecule is Cc1nc2c(c(N(C)C)n1)CCN(C(=O)CSc1ccncc1)C2. The number of aromatic nitrogens is 3. The molecule has 0 spiro atoms. The Morgan fingerprint density at radius 2 is 2.04 bits per heavy atom. The van der Waals surface area contributed by atoms with Crippen LogP contribution in [-0.2, 0) is 17.8 Å². The van der Waals surface area contributed by atoms with Crippen molar-refractivity contribution in [1.82, 2.24) is 19.9 Å². The van der Waals surface area contributed by atoms with Gasteiger partial charge in [0, 0.05) is 43.5 Å². The number of aryl methyl sites for hydroxylation is 1. The lowest BCUT2D eigenvalue weighted by atomic mass is 10.0. The molecule has 0 N–H and O–H groups in total. The first-order valence-electron chi connectivity index (χ1n) is 7.89. The van der Waals surface area contributed by atoms with Crippen LogP contribution in [0, 0.1) is 6.92 Å². The van der Waals surface area contributed by atoms with Gasteiger partial charge >= 0.3 is 0 Å². The Kier molecular flexibility index (Phi) is 4.99. The van der Waals surface area contributed by atoms with E-state index in [4.69, 9.17) is 0 Å². The number of hydrogen-bond donors (Lipinski definition) is 0. The van der Waals surface area contributed by atoms with Crippen LogP contribution in [0.3, 0.4) is 0 Å². The maximum atomic E-state index is 12.5. The van der Waals surface area contributed by atoms with E-state index < -0.39 is 0 Å². The van der Waals surface area contributed by atoms with Gasteiger partial charge in [-0.25, -0.2) is 9.97 Å². The van der Waals surface area contributed by atoms with Crippen molar-refractivity contribution in [3.05, 3.63) is 41.6 Å². The van der Waals surface area contributed by atoms with Gasteiger partial charge < -0.3 is 9.80 Å². The molecule has 3 rings (SSSR count). The van der Waals surface area contributed by atoms with Gasteiger partial charge in [0.15, 0.2) is 0 Å². The molecule has 0 unspecified atom stereocenters. The maximum absolute atomic E-state index is 12.5. The summed E-state index contributed by atoms with van der Waals surface area (Å²) in [6.45, 7) is 3.18. The van der Waals surface area contributed by atoms with Crippen LogP contribution >= 0.6 is 11.8 Å². The highest BCUT2D eigenvalue weighted by Crippen LogP contribution is 2.26. The second kappa shape index (κ2) is 7.17. The van der Waals surface area contributed by atoms with Gasteiger partial charge in [0.25, 0.3) is 0 Å². The minimum Gasteiger partial charge on any atom is -0.362 e. The average Bonchev–Trinajstić information content (AvgIpc) is 2.59. The number of anilines is 1. The molecule has 0 aliphatic carbocycles. The van der Waals surface area contributed by atoms with E-state index in [1.54, 1.807) is 24.2 Å². The second-order valence-electron chi connectivity index (χ2n) is 5.95. The molecule has 0 radical (unpaired) electrons. The summed E-state index contributed by atoms with van der Waals surface area (Å²) in [5.74, 6) is 2.29. The fourth-order valence-corrected chi connectivity index (χ4v) is 3.57. The zero-order valence-electron chi connectivity index (χ0n) is 14.2. The Morgan fingerprint density at radius 1 is 1.29 bits per heavy atom. The molecule has 2 aromatic rings. The molecule has 0 saturated carbocycles. The smallest absolute Gasteiger partial charge is 0.233 e. The Bertz CT molecular complexity index is 735. The van der Waals surface area contributed by atoms with Crippen molar-refractivity contribution in [2.45, 2.75) is 24.8 Å². The number of amides is 1. The number of fused-ring (bicyclic) bond motifs is 1. The summed E-state index contributed by atoms with van der Waals surface area (Å²) < 4.78 is 0. The van der Waals surface area contributed by atoms with Crippen LogP contribution in [0.2, 0.25) is 0 Å². The Morgan fingerprint density at radius 3 is 2.75 bits per heavy atom. The van der Waals surface area contributed by atoms with Gasteiger partial charge in [-0.15, -0.1) is 11.8 Å². The highest BCUT2D eigenvalue weighted by molar-refractivity contribution is 8.00. The number of pyridine rings is 1. The molecule has 1 aliphatic rings. The van der Waals surface area contributed by atoms with Crippen LogP contribution in [0.5, 0.6) is 0 Å².